The summed E-state index contributed by atoms with van der Waals surface area (Å²) in [5.74, 6) is 0. The van der Waals surface area contributed by atoms with Crippen LogP contribution in [0.5, 0.6) is 0 Å². The lowest BCUT2D eigenvalue weighted by molar-refractivity contribution is 0.666. The van der Waals surface area contributed by atoms with E-state index < -0.39 is 0 Å². The lowest BCUT2D eigenvalue weighted by Gasteiger charge is -2.04. The van der Waals surface area contributed by atoms with E-state index in [9.17, 15) is 9.59 Å². The summed E-state index contributed by atoms with van der Waals surface area (Å²) in [7, 11) is 0. The number of rotatable bonds is 1. The predicted molar refractivity (Wildman–Crippen MR) is 61.8 cm³/mol. The fourth-order valence-electron chi connectivity index (χ4n) is 2.01. The molecule has 1 aromatic carbocycles. The van der Waals surface area contributed by atoms with Crippen molar-refractivity contribution in [3.05, 3.63) is 44.6 Å². The van der Waals surface area contributed by atoms with Crippen LogP contribution >= 0.6 is 0 Å². The van der Waals surface area contributed by atoms with Crippen LogP contribution in [0.25, 0.3) is 10.9 Å². The zero-order valence-electron chi connectivity index (χ0n) is 8.99. The van der Waals surface area contributed by atoms with Gasteiger partial charge in [-0.3, -0.25) is 9.36 Å². The maximum Gasteiger partial charge on any atom is 0.329 e. The van der Waals surface area contributed by atoms with Crippen LogP contribution in [-0.2, 0) is 0 Å². The van der Waals surface area contributed by atoms with Gasteiger partial charge in [0.2, 0.25) is 0 Å². The molecule has 0 saturated heterocycles. The highest BCUT2D eigenvalue weighted by Crippen LogP contribution is 2.32. The monoisotopic (exact) mass is 216 g/mol. The Morgan fingerprint density at radius 3 is 2.75 bits per heavy atom. The fourth-order valence-corrected chi connectivity index (χ4v) is 2.01. The van der Waals surface area contributed by atoms with Crippen molar-refractivity contribution < 1.29 is 0 Å². The quantitative estimate of drug-likeness (QED) is 0.781. The predicted octanol–water partition coefficient (Wildman–Crippen LogP) is 1.33. The molecule has 16 heavy (non-hydrogen) atoms. The van der Waals surface area contributed by atoms with Gasteiger partial charge in [0.15, 0.2) is 0 Å². The zero-order valence-corrected chi connectivity index (χ0v) is 8.99. The Labute approximate surface area is 91.5 Å². The first-order chi connectivity index (χ1) is 7.66. The molecular weight excluding hydrogens is 204 g/mol. The van der Waals surface area contributed by atoms with Gasteiger partial charge in [-0.1, -0.05) is 6.07 Å². The minimum absolute atomic E-state index is 0.113. The molecule has 1 aliphatic carbocycles. The van der Waals surface area contributed by atoms with Gasteiger partial charge in [-0.25, -0.2) is 4.79 Å². The van der Waals surface area contributed by atoms with E-state index in [-0.39, 0.29) is 17.3 Å². The Balaban J connectivity index is 2.43. The second kappa shape index (κ2) is 3.07. The highest BCUT2D eigenvalue weighted by Gasteiger charge is 2.27. The van der Waals surface area contributed by atoms with Gasteiger partial charge in [0, 0.05) is 6.04 Å². The molecule has 0 amide bonds. The number of hydrogen-bond donors (Lipinski definition) is 1. The molecule has 4 nitrogen and oxygen atoms in total. The van der Waals surface area contributed by atoms with Gasteiger partial charge in [0.1, 0.15) is 0 Å². The van der Waals surface area contributed by atoms with Crippen LogP contribution in [0.1, 0.15) is 24.4 Å². The van der Waals surface area contributed by atoms with Gasteiger partial charge in [0.05, 0.1) is 10.9 Å². The maximum atomic E-state index is 12.1. The highest BCUT2D eigenvalue weighted by atomic mass is 16.2. The number of aryl methyl sites for hydroxylation is 1. The van der Waals surface area contributed by atoms with Crippen molar-refractivity contribution in [2.45, 2.75) is 25.8 Å². The molecule has 0 aliphatic heterocycles. The van der Waals surface area contributed by atoms with E-state index >= 15 is 0 Å². The molecule has 1 fully saturated rings. The number of benzene rings is 1. The van der Waals surface area contributed by atoms with Gasteiger partial charge < -0.3 is 4.98 Å². The van der Waals surface area contributed by atoms with Gasteiger partial charge in [-0.15, -0.1) is 0 Å². The Kier molecular flexibility index (Phi) is 1.80. The maximum absolute atomic E-state index is 12.1. The molecular formula is C12H12N2O2. The number of aromatic nitrogens is 2. The largest absolute Gasteiger partial charge is 0.329 e. The molecule has 0 spiro atoms. The molecule has 0 radical (unpaired) electrons. The van der Waals surface area contributed by atoms with Crippen molar-refractivity contribution in [3.8, 4) is 0 Å². The molecule has 1 aliphatic rings. The van der Waals surface area contributed by atoms with Crippen LogP contribution in [0.3, 0.4) is 0 Å². The van der Waals surface area contributed by atoms with E-state index in [4.69, 9.17) is 0 Å². The van der Waals surface area contributed by atoms with Crippen LogP contribution in [-0.4, -0.2) is 9.55 Å². The Morgan fingerprint density at radius 1 is 1.31 bits per heavy atom. The number of hydrogen-bond acceptors (Lipinski definition) is 2. The zero-order chi connectivity index (χ0) is 11.3. The van der Waals surface area contributed by atoms with Crippen molar-refractivity contribution in [1.29, 1.82) is 0 Å². The highest BCUT2D eigenvalue weighted by molar-refractivity contribution is 5.77. The van der Waals surface area contributed by atoms with Crippen molar-refractivity contribution in [1.82, 2.24) is 9.55 Å². The lowest BCUT2D eigenvalue weighted by Crippen LogP contribution is -2.34. The second-order valence-electron chi connectivity index (χ2n) is 4.39. The molecule has 82 valence electrons. The van der Waals surface area contributed by atoms with Crippen LogP contribution in [0.4, 0.5) is 0 Å². The normalized spacial score (nSPS) is 15.6. The summed E-state index contributed by atoms with van der Waals surface area (Å²) >= 11 is 0. The average Bonchev–Trinajstić information content (AvgIpc) is 3.01. The van der Waals surface area contributed by atoms with Gasteiger partial charge in [0.25, 0.3) is 5.56 Å². The van der Waals surface area contributed by atoms with Crippen molar-refractivity contribution in [3.63, 3.8) is 0 Å². The number of fused-ring (bicyclic) bond motifs is 1. The molecule has 1 heterocycles. The SMILES string of the molecule is Cc1ccc2c(=O)n(C3CC3)c(=O)[nH]c2c1. The number of nitrogens with one attached hydrogen (secondary N) is 1. The summed E-state index contributed by atoms with van der Waals surface area (Å²) in [6.45, 7) is 1.93. The third-order valence-corrected chi connectivity index (χ3v) is 3.00. The Bertz CT molecular complexity index is 677. The van der Waals surface area contributed by atoms with E-state index in [0.717, 1.165) is 18.4 Å². The standard InChI is InChI=1S/C12H12N2O2/c1-7-2-5-9-10(6-7)13-12(16)14(11(9)15)8-3-4-8/h2,5-6,8H,3-4H2,1H3,(H,13,16). The molecule has 1 saturated carbocycles. The number of nitrogens with zero attached hydrogens (tertiary/aromatic N) is 1. The third kappa shape index (κ3) is 1.30. The van der Waals surface area contributed by atoms with Gasteiger partial charge >= 0.3 is 5.69 Å². The van der Waals surface area contributed by atoms with E-state index in [1.807, 2.05) is 19.1 Å². The second-order valence-corrected chi connectivity index (χ2v) is 4.39. The van der Waals surface area contributed by atoms with E-state index in [1.54, 1.807) is 6.07 Å². The van der Waals surface area contributed by atoms with Crippen molar-refractivity contribution >= 4 is 10.9 Å². The van der Waals surface area contributed by atoms with E-state index in [0.29, 0.717) is 10.9 Å². The summed E-state index contributed by atoms with van der Waals surface area (Å²) in [4.78, 5) is 26.6. The topological polar surface area (TPSA) is 54.9 Å². The Morgan fingerprint density at radius 2 is 2.06 bits per heavy atom. The smallest absolute Gasteiger partial charge is 0.307 e. The molecule has 3 rings (SSSR count). The molecule has 0 bridgehead atoms. The number of aromatic amines is 1. The van der Waals surface area contributed by atoms with Crippen LogP contribution in [0.2, 0.25) is 0 Å². The lowest BCUT2D eigenvalue weighted by atomic mass is 10.2. The molecule has 2 aromatic rings. The van der Waals surface area contributed by atoms with Crippen LogP contribution < -0.4 is 11.2 Å². The summed E-state index contributed by atoms with van der Waals surface area (Å²) in [6.07, 6.45) is 1.86. The third-order valence-electron chi connectivity index (χ3n) is 3.00. The van der Waals surface area contributed by atoms with Crippen LogP contribution in [0.15, 0.2) is 27.8 Å². The van der Waals surface area contributed by atoms with Crippen LogP contribution in [0, 0.1) is 6.92 Å². The molecule has 1 aromatic heterocycles. The van der Waals surface area contributed by atoms with Crippen molar-refractivity contribution in [2.24, 2.45) is 0 Å². The first-order valence-corrected chi connectivity index (χ1v) is 5.42. The molecule has 4 heteroatoms. The van der Waals surface area contributed by atoms with E-state index in [2.05, 4.69) is 4.98 Å². The summed E-state index contributed by atoms with van der Waals surface area (Å²) < 4.78 is 1.34. The first kappa shape index (κ1) is 9.39. The van der Waals surface area contributed by atoms with Crippen molar-refractivity contribution in [2.75, 3.05) is 0 Å². The summed E-state index contributed by atoms with van der Waals surface area (Å²) in [5, 5.41) is 0.595. The Hall–Kier alpha value is -1.84. The van der Waals surface area contributed by atoms with Gasteiger partial charge in [-0.2, -0.15) is 0 Å². The fraction of sp³-hybridized carbons (Fsp3) is 0.333. The minimum atomic E-state index is -0.286. The summed E-state index contributed by atoms with van der Waals surface area (Å²) in [6, 6.07) is 5.61. The minimum Gasteiger partial charge on any atom is -0.307 e. The number of H-pyrrole nitrogens is 1. The summed E-state index contributed by atoms with van der Waals surface area (Å²) in [5.41, 5.74) is 1.21. The van der Waals surface area contributed by atoms with Gasteiger partial charge in [-0.05, 0) is 37.5 Å². The average molecular weight is 216 g/mol. The molecule has 0 unspecified atom stereocenters. The molecule has 0 atom stereocenters. The molecule has 1 N–H and O–H groups in total. The van der Waals surface area contributed by atoms with E-state index in [1.165, 1.54) is 4.57 Å². The first-order valence-electron chi connectivity index (χ1n) is 5.42.